The van der Waals surface area contributed by atoms with E-state index >= 15 is 0 Å². The van der Waals surface area contributed by atoms with Crippen LogP contribution in [0.25, 0.3) is 11.0 Å². The van der Waals surface area contributed by atoms with Gasteiger partial charge in [0.25, 0.3) is 0 Å². The minimum atomic E-state index is -0.892. The predicted octanol–water partition coefficient (Wildman–Crippen LogP) is 3.21. The van der Waals surface area contributed by atoms with Gasteiger partial charge in [-0.25, -0.2) is 14.6 Å². The molecule has 2 atom stereocenters. The van der Waals surface area contributed by atoms with Crippen LogP contribution in [0.1, 0.15) is 56.1 Å². The Bertz CT molecular complexity index is 1260. The predicted molar refractivity (Wildman–Crippen MR) is 126 cm³/mol. The van der Waals surface area contributed by atoms with E-state index in [0.29, 0.717) is 58.4 Å². The molecule has 1 aliphatic rings. The van der Waals surface area contributed by atoms with Crippen LogP contribution in [-0.2, 0) is 6.54 Å². The summed E-state index contributed by atoms with van der Waals surface area (Å²) in [5, 5.41) is 26.0. The number of ether oxygens (including phenoxy) is 1. The average Bonchev–Trinajstić information content (AvgIpc) is 2.96. The van der Waals surface area contributed by atoms with Crippen molar-refractivity contribution in [3.8, 4) is 11.8 Å². The van der Waals surface area contributed by atoms with Crippen LogP contribution in [0.15, 0.2) is 12.4 Å². The van der Waals surface area contributed by atoms with Crippen molar-refractivity contribution in [1.29, 1.82) is 5.26 Å². The van der Waals surface area contributed by atoms with E-state index in [2.05, 4.69) is 26.0 Å². The highest BCUT2D eigenvalue weighted by Crippen LogP contribution is 2.41. The summed E-state index contributed by atoms with van der Waals surface area (Å²) >= 11 is 6.60. The highest BCUT2D eigenvalue weighted by Gasteiger charge is 2.31. The number of aromatic nitrogens is 4. The van der Waals surface area contributed by atoms with E-state index in [-0.39, 0.29) is 12.1 Å². The molecule has 10 heteroatoms. The lowest BCUT2D eigenvalue weighted by Crippen LogP contribution is -2.41. The fourth-order valence-electron chi connectivity index (χ4n) is 4.56. The molecule has 0 saturated carbocycles. The SMILES string of the molecule is Cc1nn(C(C)c2cc(Cl)c(C#N)c3c2OC(C)CN(CC(C)(C)O)C3)c2ncnc(N)c12. The Balaban J connectivity index is 1.88. The molecule has 0 bridgehead atoms. The van der Waals surface area contributed by atoms with E-state index in [9.17, 15) is 10.4 Å². The number of aryl methyl sites for hydroxylation is 1. The summed E-state index contributed by atoms with van der Waals surface area (Å²) in [5.41, 5.74) is 8.42. The molecule has 2 unspecified atom stereocenters. The Morgan fingerprint density at radius 3 is 2.82 bits per heavy atom. The van der Waals surface area contributed by atoms with Crippen LogP contribution < -0.4 is 10.5 Å². The number of benzene rings is 1. The molecule has 3 aromatic rings. The number of hydrogen-bond donors (Lipinski definition) is 2. The summed E-state index contributed by atoms with van der Waals surface area (Å²) in [6.45, 7) is 10.8. The van der Waals surface area contributed by atoms with E-state index in [1.54, 1.807) is 24.6 Å². The Morgan fingerprint density at radius 1 is 1.42 bits per heavy atom. The fraction of sp³-hybridized carbons (Fsp3) is 0.478. The third-order valence-electron chi connectivity index (χ3n) is 5.81. The van der Waals surface area contributed by atoms with Crippen molar-refractivity contribution < 1.29 is 9.84 Å². The largest absolute Gasteiger partial charge is 0.489 e. The van der Waals surface area contributed by atoms with Crippen LogP contribution in [0.3, 0.4) is 0 Å². The quantitative estimate of drug-likeness (QED) is 0.596. The van der Waals surface area contributed by atoms with Crippen molar-refractivity contribution in [2.45, 2.75) is 58.9 Å². The molecule has 3 heterocycles. The first kappa shape index (κ1) is 23.2. The first-order valence-electron chi connectivity index (χ1n) is 10.8. The normalized spacial score (nSPS) is 17.8. The molecule has 1 aromatic carbocycles. The zero-order valence-electron chi connectivity index (χ0n) is 19.4. The monoisotopic (exact) mass is 469 g/mol. The molecule has 1 aliphatic heterocycles. The number of nitrogens with two attached hydrogens (primary N) is 1. The van der Waals surface area contributed by atoms with Gasteiger partial charge in [-0.05, 0) is 40.7 Å². The summed E-state index contributed by atoms with van der Waals surface area (Å²) in [6, 6.07) is 3.71. The Hall–Kier alpha value is -2.93. The van der Waals surface area contributed by atoms with E-state index in [4.69, 9.17) is 22.1 Å². The van der Waals surface area contributed by atoms with E-state index < -0.39 is 5.60 Å². The number of nitrogens with zero attached hydrogens (tertiary/aromatic N) is 6. The number of fused-ring (bicyclic) bond motifs is 2. The molecule has 0 radical (unpaired) electrons. The highest BCUT2D eigenvalue weighted by molar-refractivity contribution is 6.32. The lowest BCUT2D eigenvalue weighted by atomic mass is 9.97. The first-order valence-corrected chi connectivity index (χ1v) is 11.2. The molecule has 0 fully saturated rings. The third-order valence-corrected chi connectivity index (χ3v) is 6.11. The zero-order chi connectivity index (χ0) is 24.1. The lowest BCUT2D eigenvalue weighted by Gasteiger charge is -2.28. The van der Waals surface area contributed by atoms with Crippen molar-refractivity contribution in [1.82, 2.24) is 24.6 Å². The highest BCUT2D eigenvalue weighted by atomic mass is 35.5. The van der Waals surface area contributed by atoms with Crippen LogP contribution in [0.2, 0.25) is 5.02 Å². The van der Waals surface area contributed by atoms with Gasteiger partial charge in [0.15, 0.2) is 5.65 Å². The van der Waals surface area contributed by atoms with Gasteiger partial charge in [0.1, 0.15) is 30.1 Å². The number of hydrogen-bond acceptors (Lipinski definition) is 8. The van der Waals surface area contributed by atoms with Gasteiger partial charge in [0.2, 0.25) is 0 Å². The molecule has 0 aliphatic carbocycles. The maximum absolute atomic E-state index is 10.4. The van der Waals surface area contributed by atoms with Gasteiger partial charge in [0.05, 0.1) is 33.3 Å². The molecule has 3 N–H and O–H groups in total. The van der Waals surface area contributed by atoms with Crippen molar-refractivity contribution in [3.63, 3.8) is 0 Å². The second-order valence-corrected chi connectivity index (χ2v) is 9.72. The smallest absolute Gasteiger partial charge is 0.164 e. The summed E-state index contributed by atoms with van der Waals surface area (Å²) in [6.07, 6.45) is 1.25. The van der Waals surface area contributed by atoms with Crippen molar-refractivity contribution >= 4 is 28.5 Å². The van der Waals surface area contributed by atoms with Gasteiger partial charge < -0.3 is 15.6 Å². The minimum absolute atomic E-state index is 0.165. The van der Waals surface area contributed by atoms with E-state index in [0.717, 1.165) is 11.3 Å². The van der Waals surface area contributed by atoms with Gasteiger partial charge in [-0.2, -0.15) is 10.4 Å². The van der Waals surface area contributed by atoms with Crippen molar-refractivity contribution in [3.05, 3.63) is 39.8 Å². The molecule has 33 heavy (non-hydrogen) atoms. The average molecular weight is 470 g/mol. The second-order valence-electron chi connectivity index (χ2n) is 9.32. The van der Waals surface area contributed by atoms with E-state index in [1.165, 1.54) is 6.33 Å². The second kappa shape index (κ2) is 8.45. The van der Waals surface area contributed by atoms with Gasteiger partial charge in [-0.15, -0.1) is 0 Å². The maximum Gasteiger partial charge on any atom is 0.164 e. The Labute approximate surface area is 197 Å². The molecular formula is C23H28ClN7O2. The molecule has 0 amide bonds. The zero-order valence-corrected chi connectivity index (χ0v) is 20.2. The van der Waals surface area contributed by atoms with Crippen LogP contribution in [0.5, 0.6) is 5.75 Å². The third kappa shape index (κ3) is 4.34. The van der Waals surface area contributed by atoms with Crippen molar-refractivity contribution in [2.24, 2.45) is 0 Å². The van der Waals surface area contributed by atoms with Crippen molar-refractivity contribution in [2.75, 3.05) is 18.8 Å². The number of nitrogen functional groups attached to an aromatic ring is 1. The number of nitriles is 1. The van der Waals surface area contributed by atoms with Crippen LogP contribution in [-0.4, -0.2) is 54.5 Å². The summed E-state index contributed by atoms with van der Waals surface area (Å²) in [4.78, 5) is 10.6. The van der Waals surface area contributed by atoms with Crippen LogP contribution in [0.4, 0.5) is 5.82 Å². The first-order chi connectivity index (χ1) is 15.5. The summed E-state index contributed by atoms with van der Waals surface area (Å²) < 4.78 is 8.17. The number of aliphatic hydroxyl groups is 1. The standard InChI is InChI=1S/C23H28ClN7O2/c1-12-8-30(10-23(4,5)32)9-17-16(7-25)18(24)6-15(20(17)33-12)14(3)31-22-19(13(2)29-31)21(26)27-11-28-22/h6,11-12,14,32H,8-10H2,1-5H3,(H2,26,27,28). The topological polar surface area (TPSA) is 126 Å². The van der Waals surface area contributed by atoms with Crippen LogP contribution >= 0.6 is 11.6 Å². The molecule has 9 nitrogen and oxygen atoms in total. The van der Waals surface area contributed by atoms with Gasteiger partial charge in [0, 0.05) is 30.8 Å². The summed E-state index contributed by atoms with van der Waals surface area (Å²) in [5.74, 6) is 0.997. The van der Waals surface area contributed by atoms with Gasteiger partial charge in [-0.3, -0.25) is 4.90 Å². The maximum atomic E-state index is 10.4. The molecule has 0 saturated heterocycles. The molecule has 0 spiro atoms. The van der Waals surface area contributed by atoms with E-state index in [1.807, 2.05) is 20.8 Å². The number of halogens is 1. The minimum Gasteiger partial charge on any atom is -0.489 e. The van der Waals surface area contributed by atoms with Gasteiger partial charge in [-0.1, -0.05) is 11.6 Å². The number of anilines is 1. The molecule has 4 rings (SSSR count). The number of β-amino-alcohol motifs (C(OH)–C–C–N with tert-alkyl or cyclic N) is 1. The Morgan fingerprint density at radius 2 is 2.15 bits per heavy atom. The summed E-state index contributed by atoms with van der Waals surface area (Å²) in [7, 11) is 0. The van der Waals surface area contributed by atoms with Crippen LogP contribution in [0, 0.1) is 18.3 Å². The van der Waals surface area contributed by atoms with Gasteiger partial charge >= 0.3 is 0 Å². The molecule has 2 aromatic heterocycles. The molecule has 174 valence electrons. The lowest BCUT2D eigenvalue weighted by molar-refractivity contribution is 0.0258. The molecular weight excluding hydrogens is 442 g/mol. The Kier molecular flexibility index (Phi) is 5.95. The number of rotatable bonds is 4. The fourth-order valence-corrected chi connectivity index (χ4v) is 4.83.